The van der Waals surface area contributed by atoms with Gasteiger partial charge in [0, 0.05) is 13.2 Å². The Bertz CT molecular complexity index is 396. The zero-order chi connectivity index (χ0) is 14.5. The van der Waals surface area contributed by atoms with Crippen molar-refractivity contribution in [2.75, 3.05) is 7.11 Å². The quantitative estimate of drug-likeness (QED) is 0.620. The average molecular weight is 276 g/mol. The van der Waals surface area contributed by atoms with Crippen molar-refractivity contribution in [1.82, 2.24) is 5.43 Å². The Balaban J connectivity index is 2.92. The summed E-state index contributed by atoms with van der Waals surface area (Å²) in [7, 11) is 1.57. The number of nitrogens with two attached hydrogens (primary N) is 1. The van der Waals surface area contributed by atoms with Gasteiger partial charge in [-0.05, 0) is 31.4 Å². The third-order valence-electron chi connectivity index (χ3n) is 3.11. The lowest BCUT2D eigenvalue weighted by molar-refractivity contribution is -0.138. The number of rotatable bonds is 6. The lowest BCUT2D eigenvalue weighted by atomic mass is 9.96. The van der Waals surface area contributed by atoms with Crippen LogP contribution < -0.4 is 11.3 Å². The van der Waals surface area contributed by atoms with Gasteiger partial charge in [-0.15, -0.1) is 0 Å². The second kappa shape index (κ2) is 6.88. The number of halogens is 3. The summed E-state index contributed by atoms with van der Waals surface area (Å²) in [6.45, 7) is 1.86. The third-order valence-corrected chi connectivity index (χ3v) is 3.11. The predicted octanol–water partition coefficient (Wildman–Crippen LogP) is 3.02. The van der Waals surface area contributed by atoms with E-state index in [1.807, 2.05) is 6.92 Å². The summed E-state index contributed by atoms with van der Waals surface area (Å²) < 4.78 is 43.8. The van der Waals surface area contributed by atoms with Crippen molar-refractivity contribution >= 4 is 0 Å². The Labute approximate surface area is 110 Å². The maximum atomic E-state index is 12.9. The number of hydrogen-bond acceptors (Lipinski definition) is 3. The molecule has 1 aromatic carbocycles. The summed E-state index contributed by atoms with van der Waals surface area (Å²) in [5.41, 5.74) is 1.97. The Morgan fingerprint density at radius 1 is 1.26 bits per heavy atom. The molecule has 6 heteroatoms. The fourth-order valence-electron chi connectivity index (χ4n) is 1.91. The largest absolute Gasteiger partial charge is 0.416 e. The van der Waals surface area contributed by atoms with Gasteiger partial charge in [0.15, 0.2) is 0 Å². The monoisotopic (exact) mass is 276 g/mol. The molecule has 0 spiro atoms. The van der Waals surface area contributed by atoms with Crippen molar-refractivity contribution in [3.8, 4) is 0 Å². The summed E-state index contributed by atoms with van der Waals surface area (Å²) in [5, 5.41) is 0. The molecule has 0 amide bonds. The zero-order valence-corrected chi connectivity index (χ0v) is 11.0. The molecule has 0 aliphatic heterocycles. The van der Waals surface area contributed by atoms with Gasteiger partial charge in [0.2, 0.25) is 0 Å². The van der Waals surface area contributed by atoms with Gasteiger partial charge in [-0.3, -0.25) is 11.3 Å². The molecule has 3 nitrogen and oxygen atoms in total. The molecule has 2 atom stereocenters. The number of nitrogens with one attached hydrogen (secondary N) is 1. The van der Waals surface area contributed by atoms with Gasteiger partial charge in [0.1, 0.15) is 0 Å². The molecule has 0 fully saturated rings. The minimum absolute atomic E-state index is 0.0195. The molecule has 1 aromatic rings. The molecule has 2 unspecified atom stereocenters. The van der Waals surface area contributed by atoms with E-state index in [1.165, 1.54) is 12.1 Å². The number of benzene rings is 1. The molecule has 0 heterocycles. The van der Waals surface area contributed by atoms with E-state index < -0.39 is 17.8 Å². The Morgan fingerprint density at radius 2 is 1.89 bits per heavy atom. The molecule has 0 aliphatic rings. The number of alkyl halides is 3. The second-order valence-electron chi connectivity index (χ2n) is 4.43. The summed E-state index contributed by atoms with van der Waals surface area (Å²) in [4.78, 5) is 0. The maximum Gasteiger partial charge on any atom is 0.416 e. The molecular weight excluding hydrogens is 257 g/mol. The molecule has 108 valence electrons. The van der Waals surface area contributed by atoms with Crippen LogP contribution in [0.5, 0.6) is 0 Å². The predicted molar refractivity (Wildman–Crippen MR) is 67.2 cm³/mol. The van der Waals surface area contributed by atoms with E-state index in [9.17, 15) is 13.2 Å². The van der Waals surface area contributed by atoms with Crippen LogP contribution in [0.3, 0.4) is 0 Å². The van der Waals surface area contributed by atoms with Gasteiger partial charge in [0.05, 0.1) is 11.7 Å². The smallest absolute Gasteiger partial charge is 0.382 e. The average Bonchev–Trinajstić information content (AvgIpc) is 2.38. The first kappa shape index (κ1) is 15.9. The lowest BCUT2D eigenvalue weighted by Gasteiger charge is -2.22. The molecule has 3 N–H and O–H groups in total. The molecular formula is C13H19F3N2O. The van der Waals surface area contributed by atoms with Crippen molar-refractivity contribution in [2.24, 2.45) is 5.84 Å². The van der Waals surface area contributed by atoms with E-state index in [1.54, 1.807) is 13.2 Å². The van der Waals surface area contributed by atoms with Crippen LogP contribution in [0, 0.1) is 0 Å². The highest BCUT2D eigenvalue weighted by molar-refractivity contribution is 5.32. The second-order valence-corrected chi connectivity index (χ2v) is 4.43. The summed E-state index contributed by atoms with van der Waals surface area (Å²) >= 11 is 0. The topological polar surface area (TPSA) is 47.3 Å². The molecule has 0 bridgehead atoms. The normalized spacial score (nSPS) is 15.3. The number of hydrogen-bond donors (Lipinski definition) is 2. The Morgan fingerprint density at radius 3 is 2.42 bits per heavy atom. The number of methoxy groups -OCH3 is 1. The van der Waals surface area contributed by atoms with Gasteiger partial charge >= 0.3 is 6.18 Å². The number of ether oxygens (including phenoxy) is 1. The maximum absolute atomic E-state index is 12.9. The Hall–Kier alpha value is -1.11. The van der Waals surface area contributed by atoms with E-state index in [-0.39, 0.29) is 11.7 Å². The highest BCUT2D eigenvalue weighted by Crippen LogP contribution is 2.35. The fraction of sp³-hybridized carbons (Fsp3) is 0.538. The van der Waals surface area contributed by atoms with Crippen LogP contribution in [0.25, 0.3) is 0 Å². The summed E-state index contributed by atoms with van der Waals surface area (Å²) in [5.74, 6) is 5.39. The highest BCUT2D eigenvalue weighted by atomic mass is 19.4. The first-order valence-electron chi connectivity index (χ1n) is 6.05. The van der Waals surface area contributed by atoms with Gasteiger partial charge in [-0.25, -0.2) is 0 Å². The summed E-state index contributed by atoms with van der Waals surface area (Å²) in [6, 6.07) is 4.92. The third kappa shape index (κ3) is 4.49. The molecule has 0 aromatic heterocycles. The lowest BCUT2D eigenvalue weighted by Crippen LogP contribution is -2.30. The SMILES string of the molecule is COC(C)CCC(NN)c1ccccc1C(F)(F)F. The van der Waals surface area contributed by atoms with Crippen LogP contribution in [0.15, 0.2) is 24.3 Å². The van der Waals surface area contributed by atoms with E-state index in [0.717, 1.165) is 6.07 Å². The van der Waals surface area contributed by atoms with Gasteiger partial charge in [-0.1, -0.05) is 18.2 Å². The first-order chi connectivity index (χ1) is 8.90. The minimum atomic E-state index is -4.38. The van der Waals surface area contributed by atoms with E-state index >= 15 is 0 Å². The van der Waals surface area contributed by atoms with Crippen molar-refractivity contribution in [1.29, 1.82) is 0 Å². The van der Waals surface area contributed by atoms with Crippen LogP contribution in [0.4, 0.5) is 13.2 Å². The van der Waals surface area contributed by atoms with Crippen LogP contribution in [0.2, 0.25) is 0 Å². The fourth-order valence-corrected chi connectivity index (χ4v) is 1.91. The molecule has 0 aliphatic carbocycles. The zero-order valence-electron chi connectivity index (χ0n) is 11.0. The highest BCUT2D eigenvalue weighted by Gasteiger charge is 2.34. The first-order valence-corrected chi connectivity index (χ1v) is 6.05. The molecule has 0 radical (unpaired) electrons. The molecule has 0 saturated heterocycles. The van der Waals surface area contributed by atoms with Crippen molar-refractivity contribution in [3.05, 3.63) is 35.4 Å². The van der Waals surface area contributed by atoms with Crippen LogP contribution in [-0.4, -0.2) is 13.2 Å². The molecule has 0 saturated carbocycles. The van der Waals surface area contributed by atoms with Gasteiger partial charge in [0.25, 0.3) is 0 Å². The van der Waals surface area contributed by atoms with Crippen molar-refractivity contribution < 1.29 is 17.9 Å². The standard InChI is InChI=1S/C13H19F3N2O/c1-9(19-2)7-8-12(18-17)10-5-3-4-6-11(10)13(14,15)16/h3-6,9,12,18H,7-8,17H2,1-2H3. The van der Waals surface area contributed by atoms with Crippen LogP contribution in [0.1, 0.15) is 36.9 Å². The van der Waals surface area contributed by atoms with Gasteiger partial charge in [-0.2, -0.15) is 13.2 Å². The van der Waals surface area contributed by atoms with E-state index in [2.05, 4.69) is 5.43 Å². The molecule has 19 heavy (non-hydrogen) atoms. The van der Waals surface area contributed by atoms with Crippen molar-refractivity contribution in [3.63, 3.8) is 0 Å². The van der Waals surface area contributed by atoms with Crippen LogP contribution in [-0.2, 0) is 10.9 Å². The molecule has 1 rings (SSSR count). The van der Waals surface area contributed by atoms with E-state index in [4.69, 9.17) is 10.6 Å². The van der Waals surface area contributed by atoms with Crippen molar-refractivity contribution in [2.45, 2.75) is 38.1 Å². The van der Waals surface area contributed by atoms with E-state index in [0.29, 0.717) is 12.8 Å². The minimum Gasteiger partial charge on any atom is -0.382 e. The van der Waals surface area contributed by atoms with Gasteiger partial charge < -0.3 is 4.74 Å². The summed E-state index contributed by atoms with van der Waals surface area (Å²) in [6.07, 6.45) is -3.30. The Kier molecular flexibility index (Phi) is 5.78. The van der Waals surface area contributed by atoms with Crippen LogP contribution >= 0.6 is 0 Å². The number of hydrazine groups is 1.